The molecule has 0 aliphatic rings. The van der Waals surface area contributed by atoms with E-state index < -0.39 is 25.1 Å². The van der Waals surface area contributed by atoms with E-state index in [9.17, 15) is 23.2 Å². The predicted molar refractivity (Wildman–Crippen MR) is 98.6 cm³/mol. The molecule has 0 fully saturated rings. The van der Waals surface area contributed by atoms with Crippen LogP contribution in [0, 0.1) is 0 Å². The number of esters is 1. The quantitative estimate of drug-likeness (QED) is 0.454. The molecule has 1 aromatic carbocycles. The van der Waals surface area contributed by atoms with Gasteiger partial charge in [0.2, 0.25) is 0 Å². The molecular formula is C19H19F2NO5S. The molecule has 28 heavy (non-hydrogen) atoms. The van der Waals surface area contributed by atoms with Crippen molar-refractivity contribution < 1.29 is 32.6 Å². The molecule has 0 saturated carbocycles. The maximum Gasteiger partial charge on any atom is 0.387 e. The summed E-state index contributed by atoms with van der Waals surface area (Å²) in [5, 5.41) is 4.37. The first-order chi connectivity index (χ1) is 13.4. The Balaban J connectivity index is 1.59. The van der Waals surface area contributed by atoms with Crippen molar-refractivity contribution in [3.05, 3.63) is 52.2 Å². The number of hydrogen-bond donors (Lipinski definition) is 1. The summed E-state index contributed by atoms with van der Waals surface area (Å²) < 4.78 is 33.2. The van der Waals surface area contributed by atoms with Crippen LogP contribution >= 0.6 is 11.3 Å². The molecular weight excluding hydrogens is 392 g/mol. The number of benzene rings is 1. The number of halogens is 2. The smallest absolute Gasteiger partial charge is 0.387 e. The number of thiophene rings is 1. The van der Waals surface area contributed by atoms with E-state index in [2.05, 4.69) is 10.1 Å². The van der Waals surface area contributed by atoms with Gasteiger partial charge >= 0.3 is 12.6 Å². The monoisotopic (exact) mass is 411 g/mol. The fraction of sp³-hybridized carbons (Fsp3) is 0.316. The van der Waals surface area contributed by atoms with E-state index in [1.165, 1.54) is 23.5 Å². The van der Waals surface area contributed by atoms with Crippen LogP contribution in [-0.4, -0.2) is 37.4 Å². The zero-order chi connectivity index (χ0) is 20.4. The molecule has 0 aliphatic heterocycles. The molecule has 0 spiro atoms. The highest BCUT2D eigenvalue weighted by atomic mass is 32.1. The minimum atomic E-state index is -2.87. The number of Topliss-reactive ketones (excluding diaryl/α,β-unsaturated/α-hetero) is 1. The van der Waals surface area contributed by atoms with Gasteiger partial charge in [0.05, 0.1) is 11.3 Å². The average molecular weight is 411 g/mol. The lowest BCUT2D eigenvalue weighted by Crippen LogP contribution is -2.30. The van der Waals surface area contributed by atoms with Gasteiger partial charge in [0.25, 0.3) is 5.91 Å². The summed E-state index contributed by atoms with van der Waals surface area (Å²) in [7, 11) is 0. The van der Waals surface area contributed by atoms with Crippen LogP contribution in [-0.2, 0) is 20.7 Å². The third-order valence-electron chi connectivity index (χ3n) is 3.60. The summed E-state index contributed by atoms with van der Waals surface area (Å²) in [5.74, 6) is -1.15. The fourth-order valence-corrected chi connectivity index (χ4v) is 2.92. The van der Waals surface area contributed by atoms with Crippen molar-refractivity contribution in [2.45, 2.75) is 25.9 Å². The third-order valence-corrected chi connectivity index (χ3v) is 4.51. The SMILES string of the molecule is O=C(COC(=O)CCC(=O)c1cccs1)NCCc1ccc(OC(F)F)cc1. The van der Waals surface area contributed by atoms with Crippen LogP contribution in [0.25, 0.3) is 0 Å². The number of ether oxygens (including phenoxy) is 2. The molecule has 1 amide bonds. The molecule has 0 aliphatic carbocycles. The van der Waals surface area contributed by atoms with Crippen molar-refractivity contribution in [2.24, 2.45) is 0 Å². The standard InChI is InChI=1S/C19H19F2NO5S/c20-19(21)27-14-5-3-13(4-6-14)9-10-22-17(24)12-26-18(25)8-7-15(23)16-2-1-11-28-16/h1-6,11,19H,7-10,12H2,(H,22,24). The Hall–Kier alpha value is -2.81. The molecule has 6 nitrogen and oxygen atoms in total. The topological polar surface area (TPSA) is 81.7 Å². The van der Waals surface area contributed by atoms with Crippen molar-refractivity contribution in [1.82, 2.24) is 5.32 Å². The maximum absolute atomic E-state index is 12.1. The van der Waals surface area contributed by atoms with Crippen molar-refractivity contribution in [3.63, 3.8) is 0 Å². The fourth-order valence-electron chi connectivity index (χ4n) is 2.23. The van der Waals surface area contributed by atoms with Crippen LogP contribution in [0.15, 0.2) is 41.8 Å². The highest BCUT2D eigenvalue weighted by molar-refractivity contribution is 7.12. The van der Waals surface area contributed by atoms with Gasteiger partial charge in [-0.25, -0.2) is 0 Å². The number of carbonyl (C=O) groups excluding carboxylic acids is 3. The summed E-state index contributed by atoms with van der Waals surface area (Å²) >= 11 is 1.31. The van der Waals surface area contributed by atoms with Crippen molar-refractivity contribution in [1.29, 1.82) is 0 Å². The Labute approximate surface area is 164 Å². The lowest BCUT2D eigenvalue weighted by Gasteiger charge is -2.08. The Morgan fingerprint density at radius 1 is 1.07 bits per heavy atom. The minimum absolute atomic E-state index is 0.0340. The van der Waals surface area contributed by atoms with Crippen molar-refractivity contribution in [2.75, 3.05) is 13.2 Å². The number of alkyl halides is 2. The lowest BCUT2D eigenvalue weighted by molar-refractivity contribution is -0.148. The second kappa shape index (κ2) is 11.1. The maximum atomic E-state index is 12.1. The highest BCUT2D eigenvalue weighted by Crippen LogP contribution is 2.15. The van der Waals surface area contributed by atoms with Crippen LogP contribution in [0.3, 0.4) is 0 Å². The van der Waals surface area contributed by atoms with Gasteiger partial charge in [-0.15, -0.1) is 11.3 Å². The molecule has 2 rings (SSSR count). The third kappa shape index (κ3) is 7.83. The van der Waals surface area contributed by atoms with Gasteiger partial charge in [0, 0.05) is 13.0 Å². The number of ketones is 1. The van der Waals surface area contributed by atoms with E-state index in [0.717, 1.165) is 5.56 Å². The molecule has 0 atom stereocenters. The van der Waals surface area contributed by atoms with Gasteiger partial charge in [-0.05, 0) is 35.6 Å². The molecule has 0 radical (unpaired) electrons. The zero-order valence-electron chi connectivity index (χ0n) is 14.9. The normalized spacial score (nSPS) is 10.5. The van der Waals surface area contributed by atoms with Gasteiger partial charge in [-0.2, -0.15) is 8.78 Å². The molecule has 1 N–H and O–H groups in total. The number of rotatable bonds is 11. The van der Waals surface area contributed by atoms with E-state index in [-0.39, 0.29) is 24.4 Å². The molecule has 0 bridgehead atoms. The number of carbonyl (C=O) groups is 3. The summed E-state index contributed by atoms with van der Waals surface area (Å²) in [6.45, 7) is -3.00. The minimum Gasteiger partial charge on any atom is -0.456 e. The zero-order valence-corrected chi connectivity index (χ0v) is 15.7. The van der Waals surface area contributed by atoms with E-state index in [1.807, 2.05) is 0 Å². The predicted octanol–water partition coefficient (Wildman–Crippen LogP) is 3.21. The Morgan fingerprint density at radius 3 is 2.46 bits per heavy atom. The van der Waals surface area contributed by atoms with Crippen LogP contribution in [0.2, 0.25) is 0 Å². The molecule has 0 saturated heterocycles. The molecule has 1 heterocycles. The summed E-state index contributed by atoms with van der Waals surface area (Å²) in [4.78, 5) is 35.6. The first kappa shape index (κ1) is 21.5. The molecule has 150 valence electrons. The Kier molecular flexibility index (Phi) is 8.54. The van der Waals surface area contributed by atoms with Crippen LogP contribution in [0.5, 0.6) is 5.75 Å². The Morgan fingerprint density at radius 2 is 1.82 bits per heavy atom. The number of nitrogens with one attached hydrogen (secondary N) is 1. The van der Waals surface area contributed by atoms with Crippen LogP contribution < -0.4 is 10.1 Å². The Bertz CT molecular complexity index is 778. The van der Waals surface area contributed by atoms with Gasteiger partial charge in [0.15, 0.2) is 12.4 Å². The first-order valence-corrected chi connectivity index (χ1v) is 9.35. The summed E-state index contributed by atoms with van der Waals surface area (Å²) in [5.41, 5.74) is 0.825. The molecule has 2 aromatic rings. The average Bonchev–Trinajstić information content (AvgIpc) is 3.20. The molecule has 0 unspecified atom stereocenters. The number of hydrogen-bond acceptors (Lipinski definition) is 6. The molecule has 1 aromatic heterocycles. The summed E-state index contributed by atoms with van der Waals surface area (Å²) in [6.07, 6.45) is 0.424. The van der Waals surface area contributed by atoms with Gasteiger partial charge < -0.3 is 14.8 Å². The lowest BCUT2D eigenvalue weighted by atomic mass is 10.1. The highest BCUT2D eigenvalue weighted by Gasteiger charge is 2.12. The van der Waals surface area contributed by atoms with Crippen molar-refractivity contribution in [3.8, 4) is 5.75 Å². The van der Waals surface area contributed by atoms with Gasteiger partial charge in [0.1, 0.15) is 5.75 Å². The summed E-state index contributed by atoms with van der Waals surface area (Å²) in [6, 6.07) is 9.52. The van der Waals surface area contributed by atoms with E-state index in [4.69, 9.17) is 4.74 Å². The second-order valence-electron chi connectivity index (χ2n) is 5.68. The first-order valence-electron chi connectivity index (χ1n) is 8.47. The number of amides is 1. The van der Waals surface area contributed by atoms with Crippen LogP contribution in [0.4, 0.5) is 8.78 Å². The van der Waals surface area contributed by atoms with Gasteiger partial charge in [-0.3, -0.25) is 14.4 Å². The van der Waals surface area contributed by atoms with Crippen molar-refractivity contribution >= 4 is 29.0 Å². The van der Waals surface area contributed by atoms with E-state index >= 15 is 0 Å². The second-order valence-corrected chi connectivity index (χ2v) is 6.63. The largest absolute Gasteiger partial charge is 0.456 e. The van der Waals surface area contributed by atoms with Crippen LogP contribution in [0.1, 0.15) is 28.1 Å². The molecule has 9 heteroatoms. The van der Waals surface area contributed by atoms with E-state index in [0.29, 0.717) is 17.8 Å². The van der Waals surface area contributed by atoms with E-state index in [1.54, 1.807) is 29.6 Å². The van der Waals surface area contributed by atoms with Gasteiger partial charge in [-0.1, -0.05) is 18.2 Å².